The van der Waals surface area contributed by atoms with E-state index in [-0.39, 0.29) is 13.0 Å². The highest BCUT2D eigenvalue weighted by molar-refractivity contribution is 7.30. The number of hydrogen-bond acceptors (Lipinski definition) is 6. The first-order chi connectivity index (χ1) is 9.76. The molecule has 1 unspecified atom stereocenters. The van der Waals surface area contributed by atoms with Gasteiger partial charge in [-0.25, -0.2) is 4.79 Å². The van der Waals surface area contributed by atoms with Gasteiger partial charge in [-0.05, 0) is 6.92 Å². The van der Waals surface area contributed by atoms with Gasteiger partial charge in [-0.3, -0.25) is 14.3 Å². The van der Waals surface area contributed by atoms with Gasteiger partial charge in [0.15, 0.2) is 6.23 Å². The molecule has 0 amide bonds. The summed E-state index contributed by atoms with van der Waals surface area (Å²) in [5.74, 6) is 0. The second kappa shape index (κ2) is 7.55. The van der Waals surface area contributed by atoms with Crippen LogP contribution in [-0.2, 0) is 9.30 Å². The number of nitrogens with one attached hydrogen (secondary N) is 1. The molecule has 0 bridgehead atoms. The number of rotatable bonds is 2. The number of aliphatic hydroxyl groups excluding tert-OH is 2. The SMILES string of the molecule is Cc1cn(C2O[C@H](CO)C[C@H]2O)c(=O)[nH]c1=O.O=[P+](O)O. The highest BCUT2D eigenvalue weighted by atomic mass is 31.1. The summed E-state index contributed by atoms with van der Waals surface area (Å²) >= 11 is 0. The maximum atomic E-state index is 11.6. The predicted molar refractivity (Wildman–Crippen MR) is 69.7 cm³/mol. The largest absolute Gasteiger partial charge is 0.692 e. The summed E-state index contributed by atoms with van der Waals surface area (Å²) in [5, 5.41) is 18.7. The smallest absolute Gasteiger partial charge is 0.394 e. The maximum Gasteiger partial charge on any atom is 0.692 e. The van der Waals surface area contributed by atoms with E-state index in [9.17, 15) is 14.7 Å². The zero-order chi connectivity index (χ0) is 16.2. The van der Waals surface area contributed by atoms with Crippen LogP contribution in [0.5, 0.6) is 0 Å². The first kappa shape index (κ1) is 17.6. The quantitative estimate of drug-likeness (QED) is 0.395. The molecule has 10 nitrogen and oxygen atoms in total. The van der Waals surface area contributed by atoms with Crippen molar-refractivity contribution in [3.63, 3.8) is 0 Å². The fraction of sp³-hybridized carbons (Fsp3) is 0.600. The van der Waals surface area contributed by atoms with E-state index >= 15 is 0 Å². The van der Waals surface area contributed by atoms with Crippen LogP contribution in [0, 0.1) is 6.92 Å². The lowest BCUT2D eigenvalue weighted by atomic mass is 10.2. The number of ether oxygens (including phenoxy) is 1. The number of aryl methyl sites for hydroxylation is 1. The van der Waals surface area contributed by atoms with Crippen molar-refractivity contribution in [1.82, 2.24) is 9.55 Å². The van der Waals surface area contributed by atoms with Crippen LogP contribution in [-0.4, -0.2) is 48.4 Å². The summed E-state index contributed by atoms with van der Waals surface area (Å²) in [4.78, 5) is 39.1. The number of H-pyrrole nitrogens is 1. The Kier molecular flexibility index (Phi) is 6.34. The van der Waals surface area contributed by atoms with E-state index in [0.29, 0.717) is 5.56 Å². The maximum absolute atomic E-state index is 11.6. The van der Waals surface area contributed by atoms with Crippen LogP contribution in [0.3, 0.4) is 0 Å². The van der Waals surface area contributed by atoms with E-state index in [1.807, 2.05) is 0 Å². The summed E-state index contributed by atoms with van der Waals surface area (Å²) in [6.45, 7) is 1.34. The van der Waals surface area contributed by atoms with Gasteiger partial charge in [0.25, 0.3) is 5.56 Å². The van der Waals surface area contributed by atoms with Crippen molar-refractivity contribution in [2.24, 2.45) is 0 Å². The number of aliphatic hydroxyl groups is 2. The molecule has 11 heteroatoms. The van der Waals surface area contributed by atoms with Crippen LogP contribution >= 0.6 is 8.25 Å². The Balaban J connectivity index is 0.000000491. The molecule has 1 aromatic rings. The Labute approximate surface area is 119 Å². The van der Waals surface area contributed by atoms with Crippen LogP contribution in [0.4, 0.5) is 0 Å². The van der Waals surface area contributed by atoms with Gasteiger partial charge in [0, 0.05) is 22.7 Å². The fourth-order valence-corrected chi connectivity index (χ4v) is 1.87. The summed E-state index contributed by atoms with van der Waals surface area (Å²) in [5.41, 5.74) is -0.742. The molecule has 0 saturated carbocycles. The molecule has 118 valence electrons. The molecule has 1 aliphatic heterocycles. The lowest BCUT2D eigenvalue weighted by molar-refractivity contribution is -0.0531. The van der Waals surface area contributed by atoms with Crippen LogP contribution in [0.15, 0.2) is 15.8 Å². The van der Waals surface area contributed by atoms with E-state index in [1.165, 1.54) is 6.20 Å². The molecule has 2 heterocycles. The zero-order valence-electron chi connectivity index (χ0n) is 11.0. The minimum atomic E-state index is -2.87. The molecule has 1 saturated heterocycles. The molecule has 1 aliphatic rings. The van der Waals surface area contributed by atoms with E-state index in [0.717, 1.165) is 4.57 Å². The Morgan fingerprint density at radius 3 is 2.52 bits per heavy atom. The van der Waals surface area contributed by atoms with Crippen molar-refractivity contribution in [3.8, 4) is 0 Å². The molecule has 2 rings (SSSR count). The van der Waals surface area contributed by atoms with Gasteiger partial charge in [-0.2, -0.15) is 0 Å². The Hall–Kier alpha value is -1.42. The second-order valence-corrected chi connectivity index (χ2v) is 4.87. The summed E-state index contributed by atoms with van der Waals surface area (Å²) < 4.78 is 15.2. The van der Waals surface area contributed by atoms with E-state index in [4.69, 9.17) is 24.2 Å². The lowest BCUT2D eigenvalue weighted by Gasteiger charge is -2.17. The molecule has 0 aliphatic carbocycles. The number of aromatic nitrogens is 2. The van der Waals surface area contributed by atoms with Gasteiger partial charge in [0.2, 0.25) is 0 Å². The average Bonchev–Trinajstić information content (AvgIpc) is 2.74. The molecule has 0 aromatic carbocycles. The molecule has 5 N–H and O–H groups in total. The van der Waals surface area contributed by atoms with Gasteiger partial charge in [0.05, 0.1) is 12.7 Å². The topological polar surface area (TPSA) is 162 Å². The summed E-state index contributed by atoms with van der Waals surface area (Å²) in [6.07, 6.45) is -0.639. The average molecular weight is 323 g/mol. The summed E-state index contributed by atoms with van der Waals surface area (Å²) in [7, 11) is -2.87. The van der Waals surface area contributed by atoms with Crippen molar-refractivity contribution in [2.45, 2.75) is 31.8 Å². The third kappa shape index (κ3) is 4.81. The van der Waals surface area contributed by atoms with Crippen molar-refractivity contribution in [1.29, 1.82) is 0 Å². The third-order valence-electron chi connectivity index (χ3n) is 2.79. The predicted octanol–water partition coefficient (Wildman–Crippen LogP) is -1.89. The van der Waals surface area contributed by atoms with Crippen molar-refractivity contribution < 1.29 is 29.3 Å². The number of aromatic amines is 1. The molecule has 1 aromatic heterocycles. The van der Waals surface area contributed by atoms with Gasteiger partial charge >= 0.3 is 13.9 Å². The third-order valence-corrected chi connectivity index (χ3v) is 2.79. The van der Waals surface area contributed by atoms with Crippen LogP contribution in [0.1, 0.15) is 18.2 Å². The van der Waals surface area contributed by atoms with E-state index in [1.54, 1.807) is 6.92 Å². The highest BCUT2D eigenvalue weighted by Crippen LogP contribution is 2.27. The van der Waals surface area contributed by atoms with Crippen LogP contribution in [0.25, 0.3) is 0 Å². The molecule has 21 heavy (non-hydrogen) atoms. The first-order valence-corrected chi connectivity index (χ1v) is 7.04. The van der Waals surface area contributed by atoms with Crippen molar-refractivity contribution in [3.05, 3.63) is 32.6 Å². The minimum Gasteiger partial charge on any atom is -0.394 e. The van der Waals surface area contributed by atoms with Crippen molar-refractivity contribution >= 4 is 8.25 Å². The Bertz CT molecular complexity index is 608. The normalized spacial score (nSPS) is 24.3. The van der Waals surface area contributed by atoms with E-state index < -0.39 is 37.9 Å². The van der Waals surface area contributed by atoms with Gasteiger partial charge < -0.3 is 14.9 Å². The van der Waals surface area contributed by atoms with Crippen molar-refractivity contribution in [2.75, 3.05) is 6.61 Å². The van der Waals surface area contributed by atoms with Crippen LogP contribution < -0.4 is 11.2 Å². The molecule has 0 radical (unpaired) electrons. The Morgan fingerprint density at radius 1 is 1.48 bits per heavy atom. The number of nitrogens with zero attached hydrogens (tertiary/aromatic N) is 1. The lowest BCUT2D eigenvalue weighted by Crippen LogP contribution is -2.36. The summed E-state index contributed by atoms with van der Waals surface area (Å²) in [6, 6.07) is 0. The molecule has 0 spiro atoms. The monoisotopic (exact) mass is 323 g/mol. The van der Waals surface area contributed by atoms with Gasteiger partial charge in [-0.1, -0.05) is 0 Å². The molecule has 3 atom stereocenters. The first-order valence-electron chi connectivity index (χ1n) is 5.87. The number of hydrogen-bond donors (Lipinski definition) is 5. The highest BCUT2D eigenvalue weighted by Gasteiger charge is 2.35. The Morgan fingerprint density at radius 2 is 2.05 bits per heavy atom. The molecular formula is C10H16N2O8P+. The minimum absolute atomic E-state index is 0.218. The van der Waals surface area contributed by atoms with E-state index in [2.05, 4.69) is 4.98 Å². The molecule has 1 fully saturated rings. The zero-order valence-corrected chi connectivity index (χ0v) is 11.9. The molecular weight excluding hydrogens is 307 g/mol. The van der Waals surface area contributed by atoms with Gasteiger partial charge in [-0.15, -0.1) is 9.79 Å². The second-order valence-electron chi connectivity index (χ2n) is 4.37. The van der Waals surface area contributed by atoms with Gasteiger partial charge in [0.1, 0.15) is 6.10 Å². The van der Waals surface area contributed by atoms with Crippen LogP contribution in [0.2, 0.25) is 0 Å². The standard InChI is InChI=1S/C10H14N2O5.HO3P/c1-5-3-12(10(16)11-8(5)15)9-7(14)2-6(4-13)17-9;1-4(2)3/h3,6-7,9,13-14H,2,4H2,1H3,(H,11,15,16);(H-,1,2,3)/p+1/t6-,7+,9?;/m0./s1. The fourth-order valence-electron chi connectivity index (χ4n) is 1.87.